The molecule has 4 nitrogen and oxygen atoms in total. The Balaban J connectivity index is 1.35. The first-order chi connectivity index (χ1) is 10.3. The minimum absolute atomic E-state index is 0.617. The Hall–Kier alpha value is -1.13. The number of likely N-dealkylation sites (N-methyl/N-ethyl adjacent to an activating group) is 1. The zero-order valence-electron chi connectivity index (χ0n) is 13.1. The second-order valence-corrected chi connectivity index (χ2v) is 6.51. The normalized spacial score (nSPS) is 24.9. The van der Waals surface area contributed by atoms with E-state index in [1.807, 2.05) is 12.3 Å². The standard InChI is InChI=1S/C17H28N4/c1-21(16-9-11-18-13-16)12-3-2-6-15-8-7-14-5-4-10-19-17(14)20-15/h4-5,10,15-16,18H,2-3,6-9,11-13H2,1H3,(H,19,20)/t15-,16-/m1/s1. The first kappa shape index (κ1) is 14.8. The van der Waals surface area contributed by atoms with Crippen LogP contribution in [0, 0.1) is 0 Å². The molecule has 2 atom stereocenters. The van der Waals surface area contributed by atoms with Crippen LogP contribution < -0.4 is 10.6 Å². The van der Waals surface area contributed by atoms with Crippen LogP contribution in [-0.4, -0.2) is 48.6 Å². The molecule has 2 aliphatic rings. The predicted molar refractivity (Wildman–Crippen MR) is 87.7 cm³/mol. The van der Waals surface area contributed by atoms with Crippen molar-refractivity contribution in [3.05, 3.63) is 23.9 Å². The van der Waals surface area contributed by atoms with Gasteiger partial charge < -0.3 is 15.5 Å². The minimum Gasteiger partial charge on any atom is -0.367 e. The smallest absolute Gasteiger partial charge is 0.129 e. The lowest BCUT2D eigenvalue weighted by Crippen LogP contribution is -2.34. The van der Waals surface area contributed by atoms with Gasteiger partial charge in [0.05, 0.1) is 0 Å². The van der Waals surface area contributed by atoms with Crippen LogP contribution in [0.15, 0.2) is 18.3 Å². The maximum absolute atomic E-state index is 4.45. The average Bonchev–Trinajstić information content (AvgIpc) is 3.06. The molecule has 0 radical (unpaired) electrons. The van der Waals surface area contributed by atoms with Crippen molar-refractivity contribution in [3.63, 3.8) is 0 Å². The monoisotopic (exact) mass is 288 g/mol. The molecule has 0 bridgehead atoms. The fraction of sp³-hybridized carbons (Fsp3) is 0.706. The van der Waals surface area contributed by atoms with E-state index >= 15 is 0 Å². The molecule has 4 heteroatoms. The first-order valence-electron chi connectivity index (χ1n) is 8.44. The highest BCUT2D eigenvalue weighted by Crippen LogP contribution is 2.24. The Kier molecular flexibility index (Phi) is 5.09. The summed E-state index contributed by atoms with van der Waals surface area (Å²) in [6.07, 6.45) is 9.51. The fourth-order valence-corrected chi connectivity index (χ4v) is 3.53. The van der Waals surface area contributed by atoms with E-state index in [9.17, 15) is 0 Å². The van der Waals surface area contributed by atoms with Crippen molar-refractivity contribution in [1.29, 1.82) is 0 Å². The van der Waals surface area contributed by atoms with E-state index in [1.165, 1.54) is 63.7 Å². The molecule has 0 aliphatic carbocycles. The summed E-state index contributed by atoms with van der Waals surface area (Å²) < 4.78 is 0. The molecule has 0 unspecified atom stereocenters. The molecular formula is C17H28N4. The zero-order valence-corrected chi connectivity index (χ0v) is 13.1. The van der Waals surface area contributed by atoms with Crippen molar-refractivity contribution >= 4 is 5.82 Å². The first-order valence-corrected chi connectivity index (χ1v) is 8.44. The van der Waals surface area contributed by atoms with E-state index < -0.39 is 0 Å². The fourth-order valence-electron chi connectivity index (χ4n) is 3.53. The number of pyridine rings is 1. The van der Waals surface area contributed by atoms with E-state index in [-0.39, 0.29) is 0 Å². The van der Waals surface area contributed by atoms with Gasteiger partial charge in [-0.05, 0) is 63.9 Å². The lowest BCUT2D eigenvalue weighted by Gasteiger charge is -2.27. The summed E-state index contributed by atoms with van der Waals surface area (Å²) in [5.74, 6) is 1.11. The van der Waals surface area contributed by atoms with Gasteiger partial charge in [-0.15, -0.1) is 0 Å². The summed E-state index contributed by atoms with van der Waals surface area (Å²) in [6.45, 7) is 3.59. The molecule has 1 aromatic rings. The van der Waals surface area contributed by atoms with Crippen molar-refractivity contribution in [2.75, 3.05) is 32.0 Å². The summed E-state index contributed by atoms with van der Waals surface area (Å²) in [5, 5.41) is 7.05. The van der Waals surface area contributed by atoms with Gasteiger partial charge in [-0.25, -0.2) is 4.98 Å². The average molecular weight is 288 g/mol. The van der Waals surface area contributed by atoms with Crippen LogP contribution in [0.25, 0.3) is 0 Å². The van der Waals surface area contributed by atoms with Crippen LogP contribution in [0.3, 0.4) is 0 Å². The molecule has 1 saturated heterocycles. The van der Waals surface area contributed by atoms with Gasteiger partial charge in [-0.3, -0.25) is 0 Å². The van der Waals surface area contributed by atoms with Gasteiger partial charge in [0.15, 0.2) is 0 Å². The van der Waals surface area contributed by atoms with Gasteiger partial charge >= 0.3 is 0 Å². The third kappa shape index (κ3) is 3.95. The Labute approximate surface area is 128 Å². The maximum atomic E-state index is 4.45. The summed E-state index contributed by atoms with van der Waals surface area (Å²) in [6, 6.07) is 5.60. The second kappa shape index (κ2) is 7.23. The van der Waals surface area contributed by atoms with Gasteiger partial charge in [-0.2, -0.15) is 0 Å². The Morgan fingerprint density at radius 2 is 2.29 bits per heavy atom. The predicted octanol–water partition coefficient (Wildman–Crippen LogP) is 2.27. The van der Waals surface area contributed by atoms with Crippen LogP contribution in [0.4, 0.5) is 5.82 Å². The van der Waals surface area contributed by atoms with Crippen molar-refractivity contribution < 1.29 is 0 Å². The molecule has 21 heavy (non-hydrogen) atoms. The molecule has 2 N–H and O–H groups in total. The number of nitrogens with zero attached hydrogens (tertiary/aromatic N) is 2. The Morgan fingerprint density at radius 1 is 1.33 bits per heavy atom. The lowest BCUT2D eigenvalue weighted by atomic mass is 9.97. The molecule has 0 spiro atoms. The third-order valence-corrected chi connectivity index (χ3v) is 4.97. The molecule has 3 rings (SSSR count). The van der Waals surface area contributed by atoms with Gasteiger partial charge in [0.2, 0.25) is 0 Å². The Bertz CT molecular complexity index is 442. The molecule has 3 heterocycles. The van der Waals surface area contributed by atoms with E-state index in [2.05, 4.69) is 33.6 Å². The molecular weight excluding hydrogens is 260 g/mol. The van der Waals surface area contributed by atoms with Crippen molar-refractivity contribution in [2.24, 2.45) is 0 Å². The highest BCUT2D eigenvalue weighted by atomic mass is 15.2. The minimum atomic E-state index is 0.617. The quantitative estimate of drug-likeness (QED) is 0.788. The van der Waals surface area contributed by atoms with E-state index in [0.717, 1.165) is 11.9 Å². The van der Waals surface area contributed by atoms with E-state index in [1.54, 1.807) is 0 Å². The number of rotatable bonds is 6. The molecule has 0 saturated carbocycles. The number of fused-ring (bicyclic) bond motifs is 1. The molecule has 0 aromatic carbocycles. The molecule has 0 amide bonds. The summed E-state index contributed by atoms with van der Waals surface area (Å²) in [7, 11) is 2.27. The van der Waals surface area contributed by atoms with Crippen molar-refractivity contribution in [2.45, 2.75) is 50.6 Å². The highest BCUT2D eigenvalue weighted by Gasteiger charge is 2.20. The topological polar surface area (TPSA) is 40.2 Å². The number of aromatic nitrogens is 1. The van der Waals surface area contributed by atoms with Crippen LogP contribution in [0.5, 0.6) is 0 Å². The Morgan fingerprint density at radius 3 is 3.14 bits per heavy atom. The number of hydrogen-bond acceptors (Lipinski definition) is 4. The lowest BCUT2D eigenvalue weighted by molar-refractivity contribution is 0.250. The van der Waals surface area contributed by atoms with Crippen LogP contribution in [0.2, 0.25) is 0 Å². The largest absolute Gasteiger partial charge is 0.367 e. The van der Waals surface area contributed by atoms with Crippen LogP contribution in [0.1, 0.15) is 37.7 Å². The van der Waals surface area contributed by atoms with Crippen LogP contribution in [-0.2, 0) is 6.42 Å². The van der Waals surface area contributed by atoms with E-state index in [4.69, 9.17) is 0 Å². The third-order valence-electron chi connectivity index (χ3n) is 4.97. The number of unbranched alkanes of at least 4 members (excludes halogenated alkanes) is 1. The zero-order chi connectivity index (χ0) is 14.5. The molecule has 1 fully saturated rings. The van der Waals surface area contributed by atoms with Crippen molar-refractivity contribution in [3.8, 4) is 0 Å². The van der Waals surface area contributed by atoms with Gasteiger partial charge in [-0.1, -0.05) is 12.5 Å². The molecule has 1 aromatic heterocycles. The number of nitrogens with one attached hydrogen (secondary N) is 2. The molecule has 116 valence electrons. The highest BCUT2D eigenvalue weighted by molar-refractivity contribution is 5.46. The SMILES string of the molecule is CN(CCCC[C@@H]1CCc2cccnc2N1)[C@@H]1CCNC1. The van der Waals surface area contributed by atoms with Crippen molar-refractivity contribution in [1.82, 2.24) is 15.2 Å². The number of aryl methyl sites for hydroxylation is 1. The van der Waals surface area contributed by atoms with Gasteiger partial charge in [0, 0.05) is 24.8 Å². The summed E-state index contributed by atoms with van der Waals surface area (Å²) in [5.41, 5.74) is 1.38. The van der Waals surface area contributed by atoms with Gasteiger partial charge in [0.1, 0.15) is 5.82 Å². The number of hydrogen-bond donors (Lipinski definition) is 2. The summed E-state index contributed by atoms with van der Waals surface area (Å²) >= 11 is 0. The molecule has 2 aliphatic heterocycles. The van der Waals surface area contributed by atoms with Crippen LogP contribution >= 0.6 is 0 Å². The van der Waals surface area contributed by atoms with Gasteiger partial charge in [0.25, 0.3) is 0 Å². The summed E-state index contributed by atoms with van der Waals surface area (Å²) in [4.78, 5) is 6.98. The number of anilines is 1. The maximum Gasteiger partial charge on any atom is 0.129 e. The van der Waals surface area contributed by atoms with E-state index in [0.29, 0.717) is 6.04 Å². The second-order valence-electron chi connectivity index (χ2n) is 6.51.